The summed E-state index contributed by atoms with van der Waals surface area (Å²) < 4.78 is 57.1. The summed E-state index contributed by atoms with van der Waals surface area (Å²) in [6.07, 6.45) is 0. The Labute approximate surface area is 193 Å². The molecule has 0 unspecified atom stereocenters. The SMILES string of the molecule is Cc1ccc(S(=O)(=O)Oc2ccc(S(=O)(=O)c3cc4ccccc4nc3C(C)C)cc2)cc1. The molecular formula is C25H23NO5S2. The fourth-order valence-electron chi connectivity index (χ4n) is 3.42. The Bertz CT molecular complexity index is 1520. The van der Waals surface area contributed by atoms with E-state index in [2.05, 4.69) is 4.98 Å². The molecule has 0 spiro atoms. The van der Waals surface area contributed by atoms with Gasteiger partial charge >= 0.3 is 10.1 Å². The van der Waals surface area contributed by atoms with E-state index in [1.54, 1.807) is 18.2 Å². The first-order valence-corrected chi connectivity index (χ1v) is 13.2. The van der Waals surface area contributed by atoms with Crippen molar-refractivity contribution in [1.82, 2.24) is 4.98 Å². The van der Waals surface area contributed by atoms with Gasteiger partial charge in [-0.1, -0.05) is 49.7 Å². The molecule has 0 aliphatic heterocycles. The number of aryl methyl sites for hydroxylation is 1. The predicted molar refractivity (Wildman–Crippen MR) is 127 cm³/mol. The number of fused-ring (bicyclic) bond motifs is 1. The number of hydrogen-bond acceptors (Lipinski definition) is 6. The fourth-order valence-corrected chi connectivity index (χ4v) is 5.94. The van der Waals surface area contributed by atoms with Crippen LogP contribution in [0.15, 0.2) is 93.5 Å². The third kappa shape index (κ3) is 4.62. The molecule has 0 saturated carbocycles. The lowest BCUT2D eigenvalue weighted by Crippen LogP contribution is -2.11. The van der Waals surface area contributed by atoms with E-state index < -0.39 is 20.0 Å². The van der Waals surface area contributed by atoms with Crippen molar-refractivity contribution < 1.29 is 21.0 Å². The molecule has 8 heteroatoms. The van der Waals surface area contributed by atoms with Crippen LogP contribution in [0.5, 0.6) is 5.75 Å². The summed E-state index contributed by atoms with van der Waals surface area (Å²) in [5.41, 5.74) is 2.13. The Hall–Kier alpha value is -3.23. The maximum Gasteiger partial charge on any atom is 0.339 e. The van der Waals surface area contributed by atoms with E-state index in [4.69, 9.17) is 4.18 Å². The first kappa shape index (κ1) is 22.9. The summed E-state index contributed by atoms with van der Waals surface area (Å²) >= 11 is 0. The average molecular weight is 482 g/mol. The molecule has 6 nitrogen and oxygen atoms in total. The molecule has 0 aliphatic carbocycles. The second-order valence-electron chi connectivity index (χ2n) is 8.04. The third-order valence-electron chi connectivity index (χ3n) is 5.20. The van der Waals surface area contributed by atoms with Gasteiger partial charge in [0.05, 0.1) is 21.0 Å². The summed E-state index contributed by atoms with van der Waals surface area (Å²) in [6.45, 7) is 5.64. The van der Waals surface area contributed by atoms with Crippen molar-refractivity contribution in [2.45, 2.75) is 41.4 Å². The minimum absolute atomic E-state index is 0.0219. The van der Waals surface area contributed by atoms with Gasteiger partial charge in [-0.25, -0.2) is 8.42 Å². The van der Waals surface area contributed by atoms with Crippen LogP contribution in [0.4, 0.5) is 0 Å². The van der Waals surface area contributed by atoms with Crippen LogP contribution in [-0.4, -0.2) is 21.8 Å². The third-order valence-corrected chi connectivity index (χ3v) is 8.26. The molecule has 3 aromatic carbocycles. The number of benzene rings is 3. The maximum absolute atomic E-state index is 13.5. The molecule has 4 aromatic rings. The second kappa shape index (κ2) is 8.61. The van der Waals surface area contributed by atoms with E-state index in [-0.39, 0.29) is 26.4 Å². The van der Waals surface area contributed by atoms with E-state index in [9.17, 15) is 16.8 Å². The van der Waals surface area contributed by atoms with Crippen LogP contribution in [-0.2, 0) is 20.0 Å². The average Bonchev–Trinajstić information content (AvgIpc) is 2.78. The highest BCUT2D eigenvalue weighted by Gasteiger charge is 2.25. The Morgan fingerprint density at radius 1 is 0.788 bits per heavy atom. The highest BCUT2D eigenvalue weighted by Crippen LogP contribution is 2.31. The zero-order chi connectivity index (χ0) is 23.8. The first-order chi connectivity index (χ1) is 15.6. The quantitative estimate of drug-likeness (QED) is 0.349. The van der Waals surface area contributed by atoms with Gasteiger partial charge in [-0.3, -0.25) is 4.98 Å². The molecule has 1 aromatic heterocycles. The van der Waals surface area contributed by atoms with E-state index in [0.717, 1.165) is 16.5 Å². The normalized spacial score (nSPS) is 12.2. The summed E-state index contributed by atoms with van der Waals surface area (Å²) in [4.78, 5) is 4.78. The van der Waals surface area contributed by atoms with Gasteiger partial charge in [0.1, 0.15) is 10.6 Å². The number of rotatable bonds is 6. The molecule has 0 radical (unpaired) electrons. The Kier molecular flexibility index (Phi) is 5.99. The molecule has 0 amide bonds. The van der Waals surface area contributed by atoms with Gasteiger partial charge in [0.2, 0.25) is 9.84 Å². The molecule has 1 heterocycles. The minimum atomic E-state index is -4.03. The standard InChI is InChI=1S/C25H23NO5S2/c1-17(2)25-24(16-19-6-4-5-7-23(19)26-25)32(27,28)21-14-10-20(11-15-21)31-33(29,30)22-12-8-18(3)9-13-22/h4-17H,1-3H3. The Balaban J connectivity index is 1.69. The Morgan fingerprint density at radius 3 is 2.03 bits per heavy atom. The first-order valence-electron chi connectivity index (χ1n) is 10.3. The van der Waals surface area contributed by atoms with Crippen molar-refractivity contribution in [1.29, 1.82) is 0 Å². The number of para-hydroxylation sites is 1. The lowest BCUT2D eigenvalue weighted by Gasteiger charge is -2.14. The van der Waals surface area contributed by atoms with Crippen molar-refractivity contribution in [2.24, 2.45) is 0 Å². The molecule has 4 rings (SSSR count). The van der Waals surface area contributed by atoms with Gasteiger partial charge in [0.15, 0.2) is 0 Å². The lowest BCUT2D eigenvalue weighted by atomic mass is 10.1. The fraction of sp³-hybridized carbons (Fsp3) is 0.160. The smallest absolute Gasteiger partial charge is 0.339 e. The second-order valence-corrected chi connectivity index (χ2v) is 11.5. The Morgan fingerprint density at radius 2 is 1.39 bits per heavy atom. The minimum Gasteiger partial charge on any atom is -0.379 e. The van der Waals surface area contributed by atoms with Crippen molar-refractivity contribution in [2.75, 3.05) is 0 Å². The van der Waals surface area contributed by atoms with Crippen LogP contribution in [0.1, 0.15) is 31.0 Å². The largest absolute Gasteiger partial charge is 0.379 e. The maximum atomic E-state index is 13.5. The number of sulfone groups is 1. The summed E-state index contributed by atoms with van der Waals surface area (Å²) in [5, 5.41) is 0.726. The zero-order valence-corrected chi connectivity index (χ0v) is 20.0. The zero-order valence-electron chi connectivity index (χ0n) is 18.4. The van der Waals surface area contributed by atoms with Crippen molar-refractivity contribution in [3.05, 3.63) is 90.1 Å². The predicted octanol–water partition coefficient (Wildman–Crippen LogP) is 5.27. The number of nitrogens with zero attached hydrogens (tertiary/aromatic N) is 1. The van der Waals surface area contributed by atoms with Gasteiger partial charge in [0, 0.05) is 5.39 Å². The van der Waals surface area contributed by atoms with Crippen LogP contribution >= 0.6 is 0 Å². The van der Waals surface area contributed by atoms with Crippen LogP contribution in [0, 0.1) is 6.92 Å². The molecular weight excluding hydrogens is 458 g/mol. The number of pyridine rings is 1. The summed E-state index contributed by atoms with van der Waals surface area (Å²) in [5.74, 6) is -0.0862. The molecule has 0 fully saturated rings. The van der Waals surface area contributed by atoms with Crippen LogP contribution in [0.3, 0.4) is 0 Å². The topological polar surface area (TPSA) is 90.4 Å². The summed E-state index contributed by atoms with van der Waals surface area (Å²) in [6, 6.07) is 20.6. The van der Waals surface area contributed by atoms with E-state index in [1.807, 2.05) is 45.0 Å². The molecule has 33 heavy (non-hydrogen) atoms. The van der Waals surface area contributed by atoms with Crippen LogP contribution in [0.25, 0.3) is 10.9 Å². The van der Waals surface area contributed by atoms with Crippen LogP contribution < -0.4 is 4.18 Å². The van der Waals surface area contributed by atoms with Crippen molar-refractivity contribution in [3.63, 3.8) is 0 Å². The van der Waals surface area contributed by atoms with E-state index in [0.29, 0.717) is 5.69 Å². The van der Waals surface area contributed by atoms with Crippen molar-refractivity contribution in [3.8, 4) is 5.75 Å². The molecule has 0 saturated heterocycles. The highest BCUT2D eigenvalue weighted by atomic mass is 32.2. The molecule has 0 atom stereocenters. The molecule has 0 aliphatic rings. The van der Waals surface area contributed by atoms with Gasteiger partial charge in [-0.2, -0.15) is 8.42 Å². The van der Waals surface area contributed by atoms with Gasteiger partial charge < -0.3 is 4.18 Å². The number of hydrogen-bond donors (Lipinski definition) is 0. The van der Waals surface area contributed by atoms with Gasteiger partial charge in [-0.15, -0.1) is 0 Å². The number of aromatic nitrogens is 1. The van der Waals surface area contributed by atoms with E-state index >= 15 is 0 Å². The van der Waals surface area contributed by atoms with E-state index in [1.165, 1.54) is 36.4 Å². The van der Waals surface area contributed by atoms with Crippen molar-refractivity contribution >= 4 is 30.9 Å². The molecule has 0 N–H and O–H groups in total. The summed E-state index contributed by atoms with van der Waals surface area (Å²) in [7, 11) is -7.92. The van der Waals surface area contributed by atoms with Crippen LogP contribution in [0.2, 0.25) is 0 Å². The monoisotopic (exact) mass is 481 g/mol. The molecule has 170 valence electrons. The van der Waals surface area contributed by atoms with Gasteiger partial charge in [0.25, 0.3) is 0 Å². The van der Waals surface area contributed by atoms with Gasteiger partial charge in [-0.05, 0) is 61.4 Å². The highest BCUT2D eigenvalue weighted by molar-refractivity contribution is 7.91. The molecule has 0 bridgehead atoms. The lowest BCUT2D eigenvalue weighted by molar-refractivity contribution is 0.486.